The first-order chi connectivity index (χ1) is 10.4. The van der Waals surface area contributed by atoms with Gasteiger partial charge in [-0.05, 0) is 49.4 Å². The number of hydrogen-bond acceptors (Lipinski definition) is 3. The van der Waals surface area contributed by atoms with Crippen LogP contribution in [0.4, 0.5) is 0 Å². The van der Waals surface area contributed by atoms with Crippen LogP contribution < -0.4 is 5.32 Å². The second-order valence-corrected chi connectivity index (χ2v) is 5.73. The van der Waals surface area contributed by atoms with Crippen LogP contribution in [0.1, 0.15) is 54.7 Å². The van der Waals surface area contributed by atoms with Crippen molar-refractivity contribution < 1.29 is 0 Å². The molecule has 1 aromatic carbocycles. The maximum absolute atomic E-state index is 4.79. The molecule has 1 aliphatic rings. The highest BCUT2D eigenvalue weighted by molar-refractivity contribution is 5.36. The zero-order chi connectivity index (χ0) is 14.5. The topological polar surface area (TPSA) is 37.8 Å². The van der Waals surface area contributed by atoms with Crippen molar-refractivity contribution in [2.24, 2.45) is 0 Å². The Morgan fingerprint density at radius 3 is 3.05 bits per heavy atom. The van der Waals surface area contributed by atoms with Crippen molar-refractivity contribution in [2.75, 3.05) is 6.54 Å². The van der Waals surface area contributed by atoms with E-state index in [4.69, 9.17) is 4.98 Å². The van der Waals surface area contributed by atoms with E-state index >= 15 is 0 Å². The third-order valence-electron chi connectivity index (χ3n) is 4.15. The quantitative estimate of drug-likeness (QED) is 0.853. The van der Waals surface area contributed by atoms with Gasteiger partial charge in [-0.15, -0.1) is 0 Å². The Labute approximate surface area is 126 Å². The normalized spacial score (nSPS) is 17.5. The zero-order valence-electron chi connectivity index (χ0n) is 12.7. The number of benzene rings is 1. The van der Waals surface area contributed by atoms with Crippen LogP contribution in [-0.2, 0) is 13.0 Å². The minimum absolute atomic E-state index is 0.362. The molecule has 21 heavy (non-hydrogen) atoms. The maximum Gasteiger partial charge on any atom is 0.136 e. The molecular formula is C18H23N3. The number of rotatable bonds is 5. The van der Waals surface area contributed by atoms with E-state index in [2.05, 4.69) is 41.5 Å². The summed E-state index contributed by atoms with van der Waals surface area (Å²) in [7, 11) is 0. The number of aromatic nitrogens is 2. The van der Waals surface area contributed by atoms with E-state index in [0.717, 1.165) is 37.4 Å². The molecule has 1 aliphatic carbocycles. The molecule has 0 amide bonds. The molecule has 3 heteroatoms. The smallest absolute Gasteiger partial charge is 0.136 e. The molecule has 0 saturated carbocycles. The third kappa shape index (κ3) is 3.30. The summed E-state index contributed by atoms with van der Waals surface area (Å²) in [6.07, 6.45) is 6.62. The fourth-order valence-electron chi connectivity index (χ4n) is 3.09. The lowest BCUT2D eigenvalue weighted by Gasteiger charge is -2.24. The molecule has 2 aromatic rings. The summed E-state index contributed by atoms with van der Waals surface area (Å²) >= 11 is 0. The second-order valence-electron chi connectivity index (χ2n) is 5.73. The van der Waals surface area contributed by atoms with Gasteiger partial charge in [0.2, 0.25) is 0 Å². The van der Waals surface area contributed by atoms with Gasteiger partial charge in [0.05, 0.1) is 5.69 Å². The number of nitrogens with zero attached hydrogens (tertiary/aromatic N) is 2. The zero-order valence-corrected chi connectivity index (χ0v) is 12.7. The number of fused-ring (bicyclic) bond motifs is 1. The van der Waals surface area contributed by atoms with Gasteiger partial charge in [-0.1, -0.05) is 31.2 Å². The number of hydrogen-bond donors (Lipinski definition) is 1. The maximum atomic E-state index is 4.79. The molecule has 3 nitrogen and oxygen atoms in total. The van der Waals surface area contributed by atoms with Crippen molar-refractivity contribution in [2.45, 2.75) is 45.1 Å². The van der Waals surface area contributed by atoms with E-state index in [9.17, 15) is 0 Å². The minimum atomic E-state index is 0.362. The Morgan fingerprint density at radius 2 is 2.14 bits per heavy atom. The van der Waals surface area contributed by atoms with Crippen molar-refractivity contribution in [1.29, 1.82) is 0 Å². The van der Waals surface area contributed by atoms with Crippen molar-refractivity contribution in [3.8, 4) is 0 Å². The van der Waals surface area contributed by atoms with Gasteiger partial charge in [0.15, 0.2) is 0 Å². The standard InChI is InChI=1S/C18H23N3/c1-2-11-19-13-15-10-12-20-18(21-15)17-9-5-7-14-6-3-4-8-16(14)17/h3-4,6,8,10,12,17,19H,2,5,7,9,11,13H2,1H3. The van der Waals surface area contributed by atoms with E-state index in [1.54, 1.807) is 0 Å². The molecule has 3 rings (SSSR count). The monoisotopic (exact) mass is 281 g/mol. The van der Waals surface area contributed by atoms with E-state index in [1.807, 2.05) is 12.3 Å². The van der Waals surface area contributed by atoms with Gasteiger partial charge in [0.1, 0.15) is 5.82 Å². The van der Waals surface area contributed by atoms with Crippen molar-refractivity contribution in [3.05, 3.63) is 59.2 Å². The number of nitrogens with one attached hydrogen (secondary N) is 1. The van der Waals surface area contributed by atoms with Crippen LogP contribution in [0, 0.1) is 0 Å². The molecule has 0 bridgehead atoms. The lowest BCUT2D eigenvalue weighted by molar-refractivity contribution is 0.582. The van der Waals surface area contributed by atoms with Crippen LogP contribution in [0.2, 0.25) is 0 Å². The van der Waals surface area contributed by atoms with Crippen molar-refractivity contribution in [3.63, 3.8) is 0 Å². The summed E-state index contributed by atoms with van der Waals surface area (Å²) in [4.78, 5) is 9.34. The molecule has 1 N–H and O–H groups in total. The highest BCUT2D eigenvalue weighted by atomic mass is 14.9. The molecule has 1 heterocycles. The van der Waals surface area contributed by atoms with E-state index in [-0.39, 0.29) is 0 Å². The summed E-state index contributed by atoms with van der Waals surface area (Å²) < 4.78 is 0. The predicted molar refractivity (Wildman–Crippen MR) is 85.3 cm³/mol. The molecule has 110 valence electrons. The molecule has 0 spiro atoms. The van der Waals surface area contributed by atoms with Crippen LogP contribution in [0.3, 0.4) is 0 Å². The Balaban J connectivity index is 1.83. The van der Waals surface area contributed by atoms with Gasteiger partial charge >= 0.3 is 0 Å². The summed E-state index contributed by atoms with van der Waals surface area (Å²) in [6, 6.07) is 10.8. The first-order valence-electron chi connectivity index (χ1n) is 7.99. The summed E-state index contributed by atoms with van der Waals surface area (Å²) in [6.45, 7) is 4.04. The SMILES string of the molecule is CCCNCc1ccnc(C2CCCc3ccccc32)n1. The van der Waals surface area contributed by atoms with E-state index < -0.39 is 0 Å². The first-order valence-corrected chi connectivity index (χ1v) is 7.99. The summed E-state index contributed by atoms with van der Waals surface area (Å²) in [5, 5.41) is 3.41. The van der Waals surface area contributed by atoms with E-state index in [1.165, 1.54) is 24.0 Å². The highest BCUT2D eigenvalue weighted by Gasteiger charge is 2.23. The lowest BCUT2D eigenvalue weighted by Crippen LogP contribution is -2.18. The highest BCUT2D eigenvalue weighted by Crippen LogP contribution is 2.34. The van der Waals surface area contributed by atoms with Gasteiger partial charge in [-0.3, -0.25) is 0 Å². The average Bonchev–Trinajstić information content (AvgIpc) is 2.55. The Bertz CT molecular complexity index is 595. The van der Waals surface area contributed by atoms with Crippen LogP contribution in [0.25, 0.3) is 0 Å². The van der Waals surface area contributed by atoms with Gasteiger partial charge < -0.3 is 5.32 Å². The molecule has 0 fully saturated rings. The molecule has 0 radical (unpaired) electrons. The summed E-state index contributed by atoms with van der Waals surface area (Å²) in [5.41, 5.74) is 3.98. The Morgan fingerprint density at radius 1 is 1.24 bits per heavy atom. The molecule has 1 aromatic heterocycles. The molecule has 0 saturated heterocycles. The largest absolute Gasteiger partial charge is 0.311 e. The minimum Gasteiger partial charge on any atom is -0.311 e. The molecule has 1 unspecified atom stereocenters. The fraction of sp³-hybridized carbons (Fsp3) is 0.444. The predicted octanol–water partition coefficient (Wildman–Crippen LogP) is 3.44. The first kappa shape index (κ1) is 14.2. The molecule has 0 aliphatic heterocycles. The Hall–Kier alpha value is -1.74. The number of aryl methyl sites for hydroxylation is 1. The van der Waals surface area contributed by atoms with Gasteiger partial charge in [0, 0.05) is 18.7 Å². The van der Waals surface area contributed by atoms with E-state index in [0.29, 0.717) is 5.92 Å². The van der Waals surface area contributed by atoms with Crippen LogP contribution in [0.15, 0.2) is 36.5 Å². The van der Waals surface area contributed by atoms with Gasteiger partial charge in [-0.2, -0.15) is 0 Å². The van der Waals surface area contributed by atoms with Crippen LogP contribution in [-0.4, -0.2) is 16.5 Å². The van der Waals surface area contributed by atoms with Crippen LogP contribution in [0.5, 0.6) is 0 Å². The average molecular weight is 281 g/mol. The van der Waals surface area contributed by atoms with Gasteiger partial charge in [0.25, 0.3) is 0 Å². The van der Waals surface area contributed by atoms with Crippen molar-refractivity contribution >= 4 is 0 Å². The second kappa shape index (κ2) is 6.81. The Kier molecular flexibility index (Phi) is 4.61. The third-order valence-corrected chi connectivity index (χ3v) is 4.15. The lowest BCUT2D eigenvalue weighted by atomic mass is 9.82. The van der Waals surface area contributed by atoms with Crippen molar-refractivity contribution in [1.82, 2.24) is 15.3 Å². The fourth-order valence-corrected chi connectivity index (χ4v) is 3.09. The van der Waals surface area contributed by atoms with Crippen LogP contribution >= 0.6 is 0 Å². The van der Waals surface area contributed by atoms with Gasteiger partial charge in [-0.25, -0.2) is 9.97 Å². The summed E-state index contributed by atoms with van der Waals surface area (Å²) in [5.74, 6) is 1.35. The molecular weight excluding hydrogens is 258 g/mol. The molecule has 1 atom stereocenters.